The first-order valence-electron chi connectivity index (χ1n) is 4.02. The van der Waals surface area contributed by atoms with E-state index in [-0.39, 0.29) is 0 Å². The fourth-order valence-corrected chi connectivity index (χ4v) is 4.64. The molecule has 2 aliphatic rings. The van der Waals surface area contributed by atoms with Crippen LogP contribution in [0.3, 0.4) is 0 Å². The monoisotopic (exact) mass is 263 g/mol. The lowest BCUT2D eigenvalue weighted by Crippen LogP contribution is -1.99. The SMILES string of the molecule is C1=CSC(=C2SC=CS2)S1.CN(C)C. The smallest absolute Gasteiger partial charge is 0.0694 e. The Morgan fingerprint density at radius 2 is 0.929 bits per heavy atom. The molecule has 0 saturated carbocycles. The molecule has 0 unspecified atom stereocenters. The van der Waals surface area contributed by atoms with E-state index in [2.05, 4.69) is 21.6 Å². The highest BCUT2D eigenvalue weighted by molar-refractivity contribution is 8.33. The quantitative estimate of drug-likeness (QED) is 0.642. The van der Waals surface area contributed by atoms with Crippen molar-refractivity contribution in [1.82, 2.24) is 4.90 Å². The zero-order valence-electron chi connectivity index (χ0n) is 8.39. The van der Waals surface area contributed by atoms with Gasteiger partial charge in [-0.1, -0.05) is 47.0 Å². The Morgan fingerprint density at radius 1 is 0.714 bits per heavy atom. The Hall–Kier alpha value is 0.580. The number of rotatable bonds is 0. The van der Waals surface area contributed by atoms with Gasteiger partial charge in [-0.2, -0.15) is 0 Å². The van der Waals surface area contributed by atoms with E-state index in [1.807, 2.05) is 73.1 Å². The van der Waals surface area contributed by atoms with E-state index >= 15 is 0 Å². The predicted molar refractivity (Wildman–Crippen MR) is 75.3 cm³/mol. The van der Waals surface area contributed by atoms with Crippen LogP contribution in [0.4, 0.5) is 0 Å². The summed E-state index contributed by atoms with van der Waals surface area (Å²) in [6, 6.07) is 0. The molecule has 0 saturated heterocycles. The van der Waals surface area contributed by atoms with E-state index in [9.17, 15) is 0 Å². The fourth-order valence-electron chi connectivity index (χ4n) is 0.606. The summed E-state index contributed by atoms with van der Waals surface area (Å²) in [7, 11) is 6.00. The molecule has 2 rings (SSSR count). The molecule has 14 heavy (non-hydrogen) atoms. The second kappa shape index (κ2) is 6.95. The largest absolute Gasteiger partial charge is 0.312 e. The Morgan fingerprint density at radius 3 is 1.14 bits per heavy atom. The minimum atomic E-state index is 1.43. The fraction of sp³-hybridized carbons (Fsp3) is 0.333. The van der Waals surface area contributed by atoms with Crippen LogP contribution in [0.1, 0.15) is 0 Å². The summed E-state index contributed by atoms with van der Waals surface area (Å²) >= 11 is 7.28. The molecule has 0 fully saturated rings. The first kappa shape index (κ1) is 12.6. The molecule has 0 atom stereocenters. The minimum Gasteiger partial charge on any atom is -0.312 e. The topological polar surface area (TPSA) is 3.24 Å². The summed E-state index contributed by atoms with van der Waals surface area (Å²) in [5.41, 5.74) is 0. The van der Waals surface area contributed by atoms with Crippen LogP contribution in [0, 0.1) is 0 Å². The number of thioether (sulfide) groups is 4. The van der Waals surface area contributed by atoms with E-state index in [0.717, 1.165) is 0 Å². The molecule has 0 bridgehead atoms. The number of hydrogen-bond acceptors (Lipinski definition) is 5. The van der Waals surface area contributed by atoms with Crippen molar-refractivity contribution < 1.29 is 0 Å². The highest BCUT2D eigenvalue weighted by Gasteiger charge is 2.12. The second-order valence-electron chi connectivity index (χ2n) is 2.93. The highest BCUT2D eigenvalue weighted by Crippen LogP contribution is 2.50. The van der Waals surface area contributed by atoms with Crippen molar-refractivity contribution in [1.29, 1.82) is 0 Å². The summed E-state index contributed by atoms with van der Waals surface area (Å²) in [4.78, 5) is 2.00. The van der Waals surface area contributed by atoms with Crippen molar-refractivity contribution in [3.63, 3.8) is 0 Å². The highest BCUT2D eigenvalue weighted by atomic mass is 32.2. The zero-order chi connectivity index (χ0) is 10.4. The van der Waals surface area contributed by atoms with Crippen molar-refractivity contribution in [2.45, 2.75) is 0 Å². The minimum absolute atomic E-state index is 1.43. The summed E-state index contributed by atoms with van der Waals surface area (Å²) in [5, 5.41) is 8.53. The van der Waals surface area contributed by atoms with E-state index in [0.29, 0.717) is 0 Å². The number of hydrogen-bond donors (Lipinski definition) is 0. The van der Waals surface area contributed by atoms with Crippen molar-refractivity contribution in [2.24, 2.45) is 0 Å². The molecule has 2 heterocycles. The maximum atomic E-state index is 2.13. The first-order chi connectivity index (χ1) is 6.70. The molecule has 1 nitrogen and oxygen atoms in total. The van der Waals surface area contributed by atoms with Crippen LogP contribution in [-0.4, -0.2) is 26.0 Å². The van der Waals surface area contributed by atoms with E-state index in [1.165, 1.54) is 8.47 Å². The zero-order valence-corrected chi connectivity index (χ0v) is 11.7. The Kier molecular flexibility index (Phi) is 6.28. The summed E-state index contributed by atoms with van der Waals surface area (Å²) in [6.45, 7) is 0. The van der Waals surface area contributed by atoms with Crippen LogP contribution in [-0.2, 0) is 0 Å². The van der Waals surface area contributed by atoms with Gasteiger partial charge in [-0.05, 0) is 42.8 Å². The lowest BCUT2D eigenvalue weighted by molar-refractivity contribution is 0.505. The third kappa shape index (κ3) is 4.89. The van der Waals surface area contributed by atoms with Crippen LogP contribution in [0.5, 0.6) is 0 Å². The molecule has 0 aliphatic carbocycles. The van der Waals surface area contributed by atoms with Gasteiger partial charge in [0.25, 0.3) is 0 Å². The molecule has 0 radical (unpaired) electrons. The van der Waals surface area contributed by atoms with E-state index in [4.69, 9.17) is 0 Å². The molecule has 2 aliphatic heterocycles. The summed E-state index contributed by atoms with van der Waals surface area (Å²) < 4.78 is 2.86. The third-order valence-corrected chi connectivity index (χ3v) is 5.76. The average Bonchev–Trinajstić information content (AvgIpc) is 2.76. The molecule has 0 aromatic rings. The van der Waals surface area contributed by atoms with E-state index < -0.39 is 0 Å². The van der Waals surface area contributed by atoms with Crippen molar-refractivity contribution in [2.75, 3.05) is 21.1 Å². The molecule has 0 amide bonds. The van der Waals surface area contributed by atoms with Gasteiger partial charge in [0.1, 0.15) is 0 Å². The molecule has 0 aromatic heterocycles. The molecule has 0 N–H and O–H groups in total. The van der Waals surface area contributed by atoms with Crippen LogP contribution in [0.25, 0.3) is 0 Å². The van der Waals surface area contributed by atoms with Gasteiger partial charge in [-0.3, -0.25) is 0 Å². The van der Waals surface area contributed by atoms with Crippen LogP contribution in [0.2, 0.25) is 0 Å². The molecule has 5 heteroatoms. The molecule has 78 valence electrons. The lowest BCUT2D eigenvalue weighted by atomic mass is 11.0. The van der Waals surface area contributed by atoms with Gasteiger partial charge < -0.3 is 4.90 Å². The van der Waals surface area contributed by atoms with Gasteiger partial charge in [-0.25, -0.2) is 0 Å². The van der Waals surface area contributed by atoms with Crippen LogP contribution < -0.4 is 0 Å². The van der Waals surface area contributed by atoms with Crippen molar-refractivity contribution in [3.05, 3.63) is 30.1 Å². The van der Waals surface area contributed by atoms with E-state index in [1.54, 1.807) is 0 Å². The Bertz CT molecular complexity index is 221. The summed E-state index contributed by atoms with van der Waals surface area (Å²) in [5.74, 6) is 0. The molecular weight excluding hydrogens is 250 g/mol. The van der Waals surface area contributed by atoms with Crippen molar-refractivity contribution in [3.8, 4) is 0 Å². The normalized spacial score (nSPS) is 19.1. The van der Waals surface area contributed by atoms with Gasteiger partial charge in [0.2, 0.25) is 0 Å². The third-order valence-electron chi connectivity index (χ3n) is 0.978. The Balaban J connectivity index is 0.000000213. The lowest BCUT2D eigenvalue weighted by Gasteiger charge is -1.97. The van der Waals surface area contributed by atoms with Gasteiger partial charge in [0, 0.05) is 0 Å². The average molecular weight is 263 g/mol. The first-order valence-corrected chi connectivity index (χ1v) is 7.54. The second-order valence-corrected chi connectivity index (χ2v) is 7.11. The maximum absolute atomic E-state index is 2.13. The van der Waals surface area contributed by atoms with Crippen LogP contribution >= 0.6 is 47.0 Å². The molecule has 0 spiro atoms. The van der Waals surface area contributed by atoms with Gasteiger partial charge in [0.05, 0.1) is 8.47 Å². The Labute approximate surface area is 103 Å². The molecular formula is C9H13NS4. The van der Waals surface area contributed by atoms with Gasteiger partial charge in [-0.15, -0.1) is 0 Å². The van der Waals surface area contributed by atoms with Gasteiger partial charge >= 0.3 is 0 Å². The van der Waals surface area contributed by atoms with Crippen LogP contribution in [0.15, 0.2) is 30.1 Å². The molecule has 0 aromatic carbocycles. The summed E-state index contributed by atoms with van der Waals surface area (Å²) in [6.07, 6.45) is 0. The van der Waals surface area contributed by atoms with Gasteiger partial charge in [0.15, 0.2) is 0 Å². The predicted octanol–water partition coefficient (Wildman–Crippen LogP) is 4.19. The maximum Gasteiger partial charge on any atom is 0.0694 e. The number of nitrogens with zero attached hydrogens (tertiary/aromatic N) is 1. The van der Waals surface area contributed by atoms with Crippen molar-refractivity contribution >= 4 is 47.0 Å². The standard InChI is InChI=1S/C6H4S4.C3H9N/c1-2-8-5(7-1)6-9-3-4-10-6;1-4(2)3/h1-4H;1-3H3.